The van der Waals surface area contributed by atoms with Gasteiger partial charge in [0.25, 0.3) is 0 Å². The number of carboxylic acids is 1. The molecule has 0 fully saturated rings. The predicted octanol–water partition coefficient (Wildman–Crippen LogP) is 8.39. The van der Waals surface area contributed by atoms with Crippen LogP contribution in [0.1, 0.15) is 45.2 Å². The molecule has 7 rings (SSSR count). The van der Waals surface area contributed by atoms with Crippen LogP contribution in [0.3, 0.4) is 0 Å². The summed E-state index contributed by atoms with van der Waals surface area (Å²) in [5.41, 5.74) is 7.53. The third-order valence-corrected chi connectivity index (χ3v) is 10.7. The molecule has 8 nitrogen and oxygen atoms in total. The fourth-order valence-electron chi connectivity index (χ4n) is 6.29. The second-order valence-corrected chi connectivity index (χ2v) is 13.7. The number of H-pyrrole nitrogens is 1. The van der Waals surface area contributed by atoms with Crippen LogP contribution in [0, 0.1) is 13.8 Å². The lowest BCUT2D eigenvalue weighted by molar-refractivity contribution is 0.0684. The fourth-order valence-corrected chi connectivity index (χ4v) is 8.27. The lowest BCUT2D eigenvalue weighted by Crippen LogP contribution is -2.12. The molecule has 3 aromatic heterocycles. The summed E-state index contributed by atoms with van der Waals surface area (Å²) in [5, 5.41) is 26.6. The number of halogens is 1. The van der Waals surface area contributed by atoms with Gasteiger partial charge in [-0.3, -0.25) is 9.78 Å². The van der Waals surface area contributed by atoms with E-state index in [-0.39, 0.29) is 5.69 Å². The number of thioether (sulfide) groups is 2. The first-order valence-electron chi connectivity index (χ1n) is 14.8. The van der Waals surface area contributed by atoms with Crippen molar-refractivity contribution in [3.05, 3.63) is 93.7 Å². The van der Waals surface area contributed by atoms with Crippen LogP contribution in [-0.4, -0.2) is 42.2 Å². The van der Waals surface area contributed by atoms with E-state index in [4.69, 9.17) is 21.4 Å². The van der Waals surface area contributed by atoms with Crippen molar-refractivity contribution in [1.29, 1.82) is 0 Å². The molecule has 0 atom stereocenters. The topological polar surface area (TPSA) is 98.0 Å². The van der Waals surface area contributed by atoms with E-state index in [2.05, 4.69) is 40.5 Å². The molecule has 3 aromatic carbocycles. The molecule has 0 aliphatic carbocycles. The molecule has 0 spiro atoms. The highest BCUT2D eigenvalue weighted by atomic mass is 35.5. The molecule has 0 radical (unpaired) electrons. The first-order chi connectivity index (χ1) is 21.8. The number of aryl methyl sites for hydroxylation is 3. The lowest BCUT2D eigenvalue weighted by atomic mass is 9.97. The predicted molar refractivity (Wildman–Crippen MR) is 183 cm³/mol. The molecule has 8 bridgehead atoms. The number of nitrogens with zero attached hydrogens (tertiary/aromatic N) is 4. The van der Waals surface area contributed by atoms with Crippen molar-refractivity contribution in [2.24, 2.45) is 7.05 Å². The van der Waals surface area contributed by atoms with E-state index in [0.717, 1.165) is 77.7 Å². The average molecular weight is 658 g/mol. The van der Waals surface area contributed by atoms with Gasteiger partial charge in [-0.25, -0.2) is 4.79 Å². The van der Waals surface area contributed by atoms with Gasteiger partial charge in [-0.1, -0.05) is 35.9 Å². The maximum atomic E-state index is 12.7. The third-order valence-electron chi connectivity index (χ3n) is 8.43. The van der Waals surface area contributed by atoms with Crippen molar-refractivity contribution < 1.29 is 14.6 Å². The molecule has 1 aliphatic rings. The average Bonchev–Trinajstić information content (AvgIpc) is 3.68. The van der Waals surface area contributed by atoms with Crippen molar-refractivity contribution in [2.75, 3.05) is 6.61 Å². The summed E-state index contributed by atoms with van der Waals surface area (Å²) in [5.74, 6) is 2.00. The summed E-state index contributed by atoms with van der Waals surface area (Å²) in [7, 11) is 1.93. The summed E-state index contributed by atoms with van der Waals surface area (Å²) in [6, 6.07) is 18.5. The largest absolute Gasteiger partial charge is 0.493 e. The number of hydrogen-bond donors (Lipinski definition) is 2. The quantitative estimate of drug-likeness (QED) is 0.183. The van der Waals surface area contributed by atoms with E-state index in [9.17, 15) is 9.90 Å². The van der Waals surface area contributed by atoms with Gasteiger partial charge >= 0.3 is 5.97 Å². The number of aromatic carboxylic acids is 1. The highest BCUT2D eigenvalue weighted by Gasteiger charge is 2.27. The van der Waals surface area contributed by atoms with Crippen molar-refractivity contribution in [2.45, 2.75) is 49.0 Å². The number of nitrogens with one attached hydrogen (secondary N) is 1. The monoisotopic (exact) mass is 657 g/mol. The van der Waals surface area contributed by atoms with Gasteiger partial charge in [0.2, 0.25) is 0 Å². The third kappa shape index (κ3) is 5.49. The lowest BCUT2D eigenvalue weighted by Gasteiger charge is -2.14. The summed E-state index contributed by atoms with van der Waals surface area (Å²) in [6.45, 7) is 4.83. The molecular weight excluding hydrogens is 626 g/mol. The zero-order valence-corrected chi connectivity index (χ0v) is 27.6. The number of aromatic nitrogens is 5. The molecule has 230 valence electrons. The van der Waals surface area contributed by atoms with Crippen LogP contribution in [-0.2, 0) is 30.9 Å². The summed E-state index contributed by atoms with van der Waals surface area (Å²) < 4.78 is 10.2. The van der Waals surface area contributed by atoms with Gasteiger partial charge in [0, 0.05) is 79.6 Å². The molecule has 0 unspecified atom stereocenters. The first kappa shape index (κ1) is 29.8. The molecule has 45 heavy (non-hydrogen) atoms. The minimum Gasteiger partial charge on any atom is -0.493 e. The van der Waals surface area contributed by atoms with Gasteiger partial charge < -0.3 is 14.4 Å². The van der Waals surface area contributed by atoms with Gasteiger partial charge in [0.1, 0.15) is 11.4 Å². The normalized spacial score (nSPS) is 14.3. The van der Waals surface area contributed by atoms with E-state index in [0.29, 0.717) is 35.9 Å². The van der Waals surface area contributed by atoms with Crippen LogP contribution in [0.5, 0.6) is 5.75 Å². The number of benzene rings is 3. The number of fused-ring (bicyclic) bond motifs is 8. The molecule has 0 saturated heterocycles. The van der Waals surface area contributed by atoms with Crippen LogP contribution in [0.25, 0.3) is 32.8 Å². The molecule has 4 heterocycles. The Balaban J connectivity index is 1.35. The number of carboxylic acid groups (broad SMARTS) is 1. The number of aromatic amines is 1. The Hall–Kier alpha value is -3.86. The molecule has 11 heteroatoms. The van der Waals surface area contributed by atoms with Gasteiger partial charge in [0.15, 0.2) is 0 Å². The Labute approximate surface area is 274 Å². The molecular formula is C34H32ClN5O3S2. The Morgan fingerprint density at radius 1 is 1.07 bits per heavy atom. The van der Waals surface area contributed by atoms with E-state index in [1.165, 1.54) is 0 Å². The second kappa shape index (κ2) is 12.2. The van der Waals surface area contributed by atoms with Crippen molar-refractivity contribution in [3.8, 4) is 16.9 Å². The van der Waals surface area contributed by atoms with E-state index >= 15 is 0 Å². The molecule has 0 amide bonds. The number of carbonyl (C=O) groups is 1. The van der Waals surface area contributed by atoms with Gasteiger partial charge in [-0.15, -0.1) is 23.5 Å². The molecule has 0 saturated carbocycles. The zero-order valence-electron chi connectivity index (χ0n) is 25.2. The van der Waals surface area contributed by atoms with Crippen molar-refractivity contribution in [1.82, 2.24) is 24.5 Å². The summed E-state index contributed by atoms with van der Waals surface area (Å²) in [4.78, 5) is 13.8. The van der Waals surface area contributed by atoms with Gasteiger partial charge in [0.05, 0.1) is 18.0 Å². The number of ether oxygens (including phenoxy) is 1. The second-order valence-electron chi connectivity index (χ2n) is 11.3. The van der Waals surface area contributed by atoms with Gasteiger partial charge in [-0.05, 0) is 61.5 Å². The first-order valence-corrected chi connectivity index (χ1v) is 17.3. The minimum atomic E-state index is -0.964. The van der Waals surface area contributed by atoms with E-state index in [1.807, 2.05) is 54.4 Å². The Bertz CT molecular complexity index is 2100. The molecule has 1 aliphatic heterocycles. The van der Waals surface area contributed by atoms with Crippen LogP contribution in [0.2, 0.25) is 5.02 Å². The molecule has 6 aromatic rings. The highest BCUT2D eigenvalue weighted by Crippen LogP contribution is 2.43. The van der Waals surface area contributed by atoms with Crippen LogP contribution in [0.4, 0.5) is 0 Å². The van der Waals surface area contributed by atoms with Crippen molar-refractivity contribution in [3.63, 3.8) is 0 Å². The molecule has 2 N–H and O–H groups in total. The number of hydrogen-bond acceptors (Lipinski definition) is 6. The fraction of sp³-hybridized carbons (Fsp3) is 0.265. The summed E-state index contributed by atoms with van der Waals surface area (Å²) in [6.07, 6.45) is 0.623. The minimum absolute atomic E-state index is 0.270. The van der Waals surface area contributed by atoms with Crippen LogP contribution in [0.15, 0.2) is 59.5 Å². The van der Waals surface area contributed by atoms with Crippen LogP contribution >= 0.6 is 35.1 Å². The Morgan fingerprint density at radius 2 is 1.91 bits per heavy atom. The Morgan fingerprint density at radius 3 is 2.76 bits per heavy atom. The van der Waals surface area contributed by atoms with E-state index < -0.39 is 5.97 Å². The van der Waals surface area contributed by atoms with E-state index in [1.54, 1.807) is 23.5 Å². The SMILES string of the molecule is Cc1c(C(=O)O)n2c3ccc(Cl)c(c13)-c1c(nn(C)c1C)CSCc1cc([nH]n1)CSc1cc(c3ccccc3c1)OCCC2. The number of rotatable bonds is 1. The van der Waals surface area contributed by atoms with Gasteiger partial charge in [-0.2, -0.15) is 10.2 Å². The zero-order chi connectivity index (χ0) is 31.2. The standard InChI is InChI=1S/C34H32ClN5O3S2/c1-19-30-28-10-9-26(35)32(30)31-20(2)39(3)38-27(31)18-44-16-22-14-23(37-36-22)17-45-24-13-21-7-4-5-8-25(21)29(15-24)43-12-6-11-40(28)33(19)34(41)42/h4-5,7-10,13-15H,6,11-12,16-18H2,1-3H3,(H,36,37)(H,41,42). The Kier molecular flexibility index (Phi) is 8.05. The van der Waals surface area contributed by atoms with Crippen molar-refractivity contribution >= 4 is 62.8 Å². The summed E-state index contributed by atoms with van der Waals surface area (Å²) >= 11 is 10.4. The maximum absolute atomic E-state index is 12.7. The van der Waals surface area contributed by atoms with Crippen LogP contribution < -0.4 is 4.74 Å². The maximum Gasteiger partial charge on any atom is 0.352 e. The smallest absolute Gasteiger partial charge is 0.352 e. The highest BCUT2D eigenvalue weighted by molar-refractivity contribution is 7.98.